The van der Waals surface area contributed by atoms with Crippen LogP contribution >= 0.6 is 46.4 Å². The van der Waals surface area contributed by atoms with E-state index in [1.54, 1.807) is 27.0 Å². The molecule has 3 atom stereocenters. The van der Waals surface area contributed by atoms with Crippen LogP contribution in [0.25, 0.3) is 0 Å². The maximum atomic E-state index is 12.6. The number of fused-ring (bicyclic) bond motifs is 1. The lowest BCUT2D eigenvalue weighted by atomic mass is 9.83. The van der Waals surface area contributed by atoms with Crippen molar-refractivity contribution < 1.29 is 13.2 Å². The molecule has 1 heterocycles. The average molecular weight is 542 g/mol. The van der Waals surface area contributed by atoms with Gasteiger partial charge >= 0.3 is 0 Å². The SMILES string of the molecule is C/C(Cl)=C\C=C(/CCl)S(=O)(=O)N/C(C)=C/C(Cl)=C(/OC1=CC2CCCC[C@@H]2N=C1)C(C)Cl. The smallest absolute Gasteiger partial charge is 0.258 e. The number of hydrogen-bond donors (Lipinski definition) is 1. The molecule has 0 bridgehead atoms. The lowest BCUT2D eigenvalue weighted by molar-refractivity contribution is 0.294. The summed E-state index contributed by atoms with van der Waals surface area (Å²) in [6.45, 7) is 4.93. The molecule has 1 aliphatic heterocycles. The summed E-state index contributed by atoms with van der Waals surface area (Å²) in [5, 5.41) is 0.0661. The summed E-state index contributed by atoms with van der Waals surface area (Å²) < 4.78 is 33.6. The largest absolute Gasteiger partial charge is 0.457 e. The Labute approximate surface area is 210 Å². The van der Waals surface area contributed by atoms with E-state index in [2.05, 4.69) is 15.8 Å². The fourth-order valence-electron chi connectivity index (χ4n) is 3.43. The molecule has 1 saturated carbocycles. The summed E-state index contributed by atoms with van der Waals surface area (Å²) >= 11 is 24.3. The van der Waals surface area contributed by atoms with Crippen molar-refractivity contribution in [2.75, 3.05) is 5.88 Å². The molecule has 0 aromatic rings. The zero-order chi connectivity index (χ0) is 23.9. The van der Waals surface area contributed by atoms with Crippen molar-refractivity contribution in [3.63, 3.8) is 0 Å². The first-order valence-corrected chi connectivity index (χ1v) is 13.5. The number of allylic oxidation sites excluding steroid dienone is 9. The number of sulfonamides is 1. The molecule has 2 rings (SSSR count). The number of hydrogen-bond acceptors (Lipinski definition) is 4. The monoisotopic (exact) mass is 540 g/mol. The third-order valence-corrected chi connectivity index (χ3v) is 7.62. The molecule has 1 N–H and O–H groups in total. The van der Waals surface area contributed by atoms with E-state index in [9.17, 15) is 8.42 Å². The van der Waals surface area contributed by atoms with Gasteiger partial charge in [0.15, 0.2) is 0 Å². The van der Waals surface area contributed by atoms with Crippen LogP contribution in [0.4, 0.5) is 0 Å². The third kappa shape index (κ3) is 8.14. The van der Waals surface area contributed by atoms with Crippen molar-refractivity contribution in [3.8, 4) is 0 Å². The van der Waals surface area contributed by atoms with Gasteiger partial charge in [-0.3, -0.25) is 9.71 Å². The van der Waals surface area contributed by atoms with Gasteiger partial charge in [0.05, 0.1) is 33.5 Å². The van der Waals surface area contributed by atoms with Gasteiger partial charge in [0.2, 0.25) is 0 Å². The highest BCUT2D eigenvalue weighted by Crippen LogP contribution is 2.32. The zero-order valence-electron chi connectivity index (χ0n) is 18.2. The first kappa shape index (κ1) is 27.3. The number of aliphatic imine (C=N–C) groups is 1. The minimum Gasteiger partial charge on any atom is -0.457 e. The molecular weight excluding hydrogens is 514 g/mol. The standard InChI is InChI=1S/C22H28Cl4N2O3S/c1-14(24)8-9-19(12-23)32(29,30)28-15(2)10-20(26)22(16(3)25)31-18-11-17-6-4-5-7-21(17)27-13-18/h8-11,13,16-17,21,28H,4-7,12H2,1-3H3/b14-8+,15-10+,19-9+,22-20-/t16?,17?,21-/m0/s1. The number of dihydropyridines is 1. The lowest BCUT2D eigenvalue weighted by Crippen LogP contribution is -2.25. The molecule has 0 radical (unpaired) electrons. The predicted molar refractivity (Wildman–Crippen MR) is 136 cm³/mol. The Morgan fingerprint density at radius 3 is 2.59 bits per heavy atom. The second kappa shape index (κ2) is 12.5. The number of nitrogens with zero attached hydrogens (tertiary/aromatic N) is 1. The van der Waals surface area contributed by atoms with Crippen LogP contribution < -0.4 is 4.72 Å². The van der Waals surface area contributed by atoms with Crippen LogP contribution in [0.15, 0.2) is 61.5 Å². The molecule has 1 fully saturated rings. The summed E-state index contributed by atoms with van der Waals surface area (Å²) in [7, 11) is -3.88. The van der Waals surface area contributed by atoms with E-state index in [-0.39, 0.29) is 21.5 Å². The van der Waals surface area contributed by atoms with Gasteiger partial charge < -0.3 is 4.74 Å². The Balaban J connectivity index is 2.22. The molecule has 0 spiro atoms. The van der Waals surface area contributed by atoms with Gasteiger partial charge in [-0.05, 0) is 57.9 Å². The van der Waals surface area contributed by atoms with Crippen LogP contribution in [0.5, 0.6) is 0 Å². The van der Waals surface area contributed by atoms with E-state index in [0.29, 0.717) is 28.5 Å². The highest BCUT2D eigenvalue weighted by Gasteiger charge is 2.27. The van der Waals surface area contributed by atoms with E-state index >= 15 is 0 Å². The van der Waals surface area contributed by atoms with Crippen molar-refractivity contribution in [1.82, 2.24) is 4.72 Å². The van der Waals surface area contributed by atoms with E-state index < -0.39 is 15.4 Å². The molecule has 10 heteroatoms. The molecule has 0 saturated heterocycles. The van der Waals surface area contributed by atoms with Gasteiger partial charge in [0.25, 0.3) is 10.0 Å². The second-order valence-electron chi connectivity index (χ2n) is 7.75. The van der Waals surface area contributed by atoms with Crippen LogP contribution in [0.3, 0.4) is 0 Å². The summed E-state index contributed by atoms with van der Waals surface area (Å²) in [5.41, 5.74) is 0.273. The second-order valence-corrected chi connectivity index (χ2v) is 11.4. The number of rotatable bonds is 9. The number of alkyl halides is 2. The van der Waals surface area contributed by atoms with Gasteiger partial charge in [-0.25, -0.2) is 8.42 Å². The van der Waals surface area contributed by atoms with Crippen molar-refractivity contribution in [1.29, 1.82) is 0 Å². The van der Waals surface area contributed by atoms with Crippen molar-refractivity contribution in [3.05, 3.63) is 56.5 Å². The topological polar surface area (TPSA) is 67.8 Å². The average Bonchev–Trinajstić information content (AvgIpc) is 2.71. The molecule has 5 nitrogen and oxygen atoms in total. The van der Waals surface area contributed by atoms with E-state index in [0.717, 1.165) is 12.8 Å². The Hall–Kier alpha value is -0.920. The molecule has 32 heavy (non-hydrogen) atoms. The summed E-state index contributed by atoms with van der Waals surface area (Å²) in [6.07, 6.45) is 12.6. The summed E-state index contributed by atoms with van der Waals surface area (Å²) in [5.74, 6) is 1.05. The normalized spacial score (nSPS) is 24.3. The van der Waals surface area contributed by atoms with E-state index in [1.807, 2.05) is 0 Å². The fraction of sp³-hybridized carbons (Fsp3) is 0.500. The maximum Gasteiger partial charge on any atom is 0.258 e. The summed E-state index contributed by atoms with van der Waals surface area (Å²) in [4.78, 5) is 4.58. The third-order valence-electron chi connectivity index (χ3n) is 4.99. The highest BCUT2D eigenvalue weighted by atomic mass is 35.5. The fourth-order valence-corrected chi connectivity index (χ4v) is 5.60. The van der Waals surface area contributed by atoms with Gasteiger partial charge in [-0.1, -0.05) is 36.0 Å². The Morgan fingerprint density at radius 2 is 1.97 bits per heavy atom. The first-order valence-electron chi connectivity index (χ1n) is 10.3. The van der Waals surface area contributed by atoms with Gasteiger partial charge in [0, 0.05) is 16.6 Å². The van der Waals surface area contributed by atoms with Crippen molar-refractivity contribution >= 4 is 62.6 Å². The first-order chi connectivity index (χ1) is 15.0. The van der Waals surface area contributed by atoms with Crippen LogP contribution in [-0.2, 0) is 14.8 Å². The molecule has 1 aliphatic carbocycles. The minimum atomic E-state index is -3.88. The molecule has 2 unspecified atom stereocenters. The lowest BCUT2D eigenvalue weighted by Gasteiger charge is -2.29. The zero-order valence-corrected chi connectivity index (χ0v) is 22.1. The van der Waals surface area contributed by atoms with Crippen LogP contribution in [0.1, 0.15) is 46.5 Å². The van der Waals surface area contributed by atoms with E-state index in [4.69, 9.17) is 51.1 Å². The number of halogens is 4. The Bertz CT molecular complexity index is 975. The molecular formula is C22H28Cl4N2O3S. The number of nitrogens with one attached hydrogen (secondary N) is 1. The Kier molecular flexibility index (Phi) is 10.7. The van der Waals surface area contributed by atoms with Crippen LogP contribution in [0.2, 0.25) is 0 Å². The molecule has 178 valence electrons. The van der Waals surface area contributed by atoms with Crippen molar-refractivity contribution in [2.24, 2.45) is 10.9 Å². The Morgan fingerprint density at radius 1 is 1.28 bits per heavy atom. The molecule has 2 aliphatic rings. The van der Waals surface area contributed by atoms with Crippen LogP contribution in [-0.4, -0.2) is 31.9 Å². The van der Waals surface area contributed by atoms with Crippen LogP contribution in [0, 0.1) is 5.92 Å². The maximum absolute atomic E-state index is 12.6. The molecule has 0 aromatic carbocycles. The number of ether oxygens (including phenoxy) is 1. The molecule has 0 amide bonds. The van der Waals surface area contributed by atoms with Gasteiger partial charge in [-0.2, -0.15) is 0 Å². The quantitative estimate of drug-likeness (QED) is 0.201. The summed E-state index contributed by atoms with van der Waals surface area (Å²) in [6, 6.07) is 0.311. The minimum absolute atomic E-state index is 0.0280. The predicted octanol–water partition coefficient (Wildman–Crippen LogP) is 6.70. The van der Waals surface area contributed by atoms with Gasteiger partial charge in [0.1, 0.15) is 11.5 Å². The van der Waals surface area contributed by atoms with Gasteiger partial charge in [-0.15, -0.1) is 23.2 Å². The van der Waals surface area contributed by atoms with Crippen molar-refractivity contribution in [2.45, 2.75) is 57.9 Å². The molecule has 0 aromatic heterocycles. The van der Waals surface area contributed by atoms with E-state index in [1.165, 1.54) is 31.1 Å². The highest BCUT2D eigenvalue weighted by molar-refractivity contribution is 7.93.